The highest BCUT2D eigenvalue weighted by Gasteiger charge is 2.09. The van der Waals surface area contributed by atoms with Gasteiger partial charge in [0.05, 0.1) is 12.8 Å². The van der Waals surface area contributed by atoms with Crippen molar-refractivity contribution < 1.29 is 4.74 Å². The van der Waals surface area contributed by atoms with Gasteiger partial charge in [-0.1, -0.05) is 30.7 Å². The fourth-order valence-electron chi connectivity index (χ4n) is 1.79. The van der Waals surface area contributed by atoms with Crippen molar-refractivity contribution in [3.8, 4) is 17.0 Å². The van der Waals surface area contributed by atoms with Crippen molar-refractivity contribution in [2.24, 2.45) is 0 Å². The van der Waals surface area contributed by atoms with E-state index in [9.17, 15) is 0 Å². The van der Waals surface area contributed by atoms with Crippen LogP contribution in [-0.2, 0) is 6.42 Å². The zero-order chi connectivity index (χ0) is 13.0. The number of ether oxygens (including phenoxy) is 1. The molecule has 0 aliphatic heterocycles. The van der Waals surface area contributed by atoms with E-state index in [4.69, 9.17) is 16.3 Å². The molecule has 0 atom stereocenters. The smallest absolute Gasteiger partial charge is 0.133 e. The summed E-state index contributed by atoms with van der Waals surface area (Å²) >= 11 is 6.04. The van der Waals surface area contributed by atoms with Gasteiger partial charge in [-0.3, -0.25) is 0 Å². The van der Waals surface area contributed by atoms with E-state index in [0.717, 1.165) is 35.7 Å². The second-order valence-electron chi connectivity index (χ2n) is 3.94. The Morgan fingerprint density at radius 1 is 1.22 bits per heavy atom. The van der Waals surface area contributed by atoms with Crippen LogP contribution >= 0.6 is 11.6 Å². The minimum Gasteiger partial charge on any atom is -0.496 e. The van der Waals surface area contributed by atoms with Gasteiger partial charge in [-0.2, -0.15) is 0 Å². The van der Waals surface area contributed by atoms with Gasteiger partial charge in [0, 0.05) is 18.1 Å². The molecule has 3 nitrogen and oxygen atoms in total. The van der Waals surface area contributed by atoms with Gasteiger partial charge in [0.1, 0.15) is 16.7 Å². The summed E-state index contributed by atoms with van der Waals surface area (Å²) in [5, 5.41) is 0.467. The average Bonchev–Trinajstić information content (AvgIpc) is 2.38. The van der Waals surface area contributed by atoms with Crippen molar-refractivity contribution in [1.29, 1.82) is 0 Å². The molecule has 1 aromatic heterocycles. The number of rotatable bonds is 4. The maximum Gasteiger partial charge on any atom is 0.133 e. The number of methoxy groups -OCH3 is 1. The molecule has 2 aromatic rings. The summed E-state index contributed by atoms with van der Waals surface area (Å²) in [7, 11) is 1.65. The Labute approximate surface area is 112 Å². The molecular formula is C14H15ClN2O. The predicted octanol–water partition coefficient (Wildman–Crippen LogP) is 3.76. The standard InChI is InChI=1S/C14H15ClN2O/c1-3-6-14-16-11(9-13(15)17-14)10-7-4-5-8-12(10)18-2/h4-5,7-9H,3,6H2,1-2H3. The first-order valence-electron chi connectivity index (χ1n) is 5.91. The minimum atomic E-state index is 0.467. The molecule has 0 radical (unpaired) electrons. The summed E-state index contributed by atoms with van der Waals surface area (Å²) in [6.45, 7) is 2.09. The molecule has 0 unspecified atom stereocenters. The van der Waals surface area contributed by atoms with E-state index in [1.54, 1.807) is 13.2 Å². The molecule has 0 aliphatic carbocycles. The lowest BCUT2D eigenvalue weighted by Gasteiger charge is -2.09. The molecule has 0 aliphatic rings. The van der Waals surface area contributed by atoms with Gasteiger partial charge in [0.25, 0.3) is 0 Å². The van der Waals surface area contributed by atoms with Gasteiger partial charge < -0.3 is 4.74 Å². The third-order valence-electron chi connectivity index (χ3n) is 2.60. The minimum absolute atomic E-state index is 0.467. The molecule has 0 spiro atoms. The van der Waals surface area contributed by atoms with Gasteiger partial charge in [-0.05, 0) is 18.6 Å². The normalized spacial score (nSPS) is 10.4. The first kappa shape index (κ1) is 12.8. The van der Waals surface area contributed by atoms with E-state index in [-0.39, 0.29) is 0 Å². The lowest BCUT2D eigenvalue weighted by Crippen LogP contribution is -1.98. The van der Waals surface area contributed by atoms with Crippen LogP contribution in [0, 0.1) is 0 Å². The van der Waals surface area contributed by atoms with Crippen molar-refractivity contribution in [3.63, 3.8) is 0 Å². The van der Waals surface area contributed by atoms with Crippen LogP contribution in [0.5, 0.6) is 5.75 Å². The SMILES string of the molecule is CCCc1nc(Cl)cc(-c2ccccc2OC)n1. The predicted molar refractivity (Wildman–Crippen MR) is 73.0 cm³/mol. The summed E-state index contributed by atoms with van der Waals surface area (Å²) < 4.78 is 5.34. The van der Waals surface area contributed by atoms with Crippen LogP contribution in [0.1, 0.15) is 19.2 Å². The summed E-state index contributed by atoms with van der Waals surface area (Å²) in [6.07, 6.45) is 1.81. The molecule has 2 rings (SSSR count). The highest BCUT2D eigenvalue weighted by atomic mass is 35.5. The third kappa shape index (κ3) is 2.79. The van der Waals surface area contributed by atoms with Crippen LogP contribution in [0.2, 0.25) is 5.15 Å². The Morgan fingerprint density at radius 3 is 2.72 bits per heavy atom. The van der Waals surface area contributed by atoms with E-state index >= 15 is 0 Å². The van der Waals surface area contributed by atoms with Crippen LogP contribution < -0.4 is 4.74 Å². The molecule has 0 saturated heterocycles. The van der Waals surface area contributed by atoms with Gasteiger partial charge >= 0.3 is 0 Å². The van der Waals surface area contributed by atoms with Gasteiger partial charge in [0.2, 0.25) is 0 Å². The Bertz CT molecular complexity index is 543. The number of nitrogens with zero attached hydrogens (tertiary/aromatic N) is 2. The van der Waals surface area contributed by atoms with Gasteiger partial charge in [-0.25, -0.2) is 9.97 Å². The second kappa shape index (κ2) is 5.83. The Balaban J connectivity index is 2.49. The van der Waals surface area contributed by atoms with Crippen LogP contribution in [0.15, 0.2) is 30.3 Å². The number of aromatic nitrogens is 2. The number of para-hydroxylation sites is 1. The monoisotopic (exact) mass is 262 g/mol. The topological polar surface area (TPSA) is 35.0 Å². The summed E-state index contributed by atoms with van der Waals surface area (Å²) in [5.74, 6) is 1.56. The summed E-state index contributed by atoms with van der Waals surface area (Å²) in [4.78, 5) is 8.74. The molecule has 94 valence electrons. The Kier molecular flexibility index (Phi) is 4.15. The zero-order valence-electron chi connectivity index (χ0n) is 10.5. The Morgan fingerprint density at radius 2 is 2.00 bits per heavy atom. The Hall–Kier alpha value is -1.61. The van der Waals surface area contributed by atoms with Crippen molar-refractivity contribution in [2.45, 2.75) is 19.8 Å². The molecule has 0 fully saturated rings. The van der Waals surface area contributed by atoms with Crippen LogP contribution in [-0.4, -0.2) is 17.1 Å². The largest absolute Gasteiger partial charge is 0.496 e. The number of hydrogen-bond acceptors (Lipinski definition) is 3. The van der Waals surface area contributed by atoms with E-state index in [0.29, 0.717) is 5.15 Å². The highest BCUT2D eigenvalue weighted by molar-refractivity contribution is 6.29. The van der Waals surface area contributed by atoms with Crippen LogP contribution in [0.4, 0.5) is 0 Å². The quantitative estimate of drug-likeness (QED) is 0.787. The number of aryl methyl sites for hydroxylation is 1. The molecule has 18 heavy (non-hydrogen) atoms. The molecule has 0 saturated carbocycles. The number of hydrogen-bond donors (Lipinski definition) is 0. The van der Waals surface area contributed by atoms with Crippen molar-refractivity contribution in [2.75, 3.05) is 7.11 Å². The van der Waals surface area contributed by atoms with Crippen molar-refractivity contribution >= 4 is 11.6 Å². The van der Waals surface area contributed by atoms with Crippen molar-refractivity contribution in [1.82, 2.24) is 9.97 Å². The molecule has 1 heterocycles. The molecular weight excluding hydrogens is 248 g/mol. The average molecular weight is 263 g/mol. The second-order valence-corrected chi connectivity index (χ2v) is 4.33. The molecule has 0 N–H and O–H groups in total. The third-order valence-corrected chi connectivity index (χ3v) is 2.79. The zero-order valence-corrected chi connectivity index (χ0v) is 11.2. The van der Waals surface area contributed by atoms with Crippen LogP contribution in [0.3, 0.4) is 0 Å². The lowest BCUT2D eigenvalue weighted by molar-refractivity contribution is 0.416. The molecule has 0 bridgehead atoms. The lowest BCUT2D eigenvalue weighted by atomic mass is 10.1. The molecule has 0 amide bonds. The fourth-order valence-corrected chi connectivity index (χ4v) is 2.00. The van der Waals surface area contributed by atoms with Gasteiger partial charge in [0.15, 0.2) is 0 Å². The first-order chi connectivity index (χ1) is 8.74. The number of halogens is 1. The van der Waals surface area contributed by atoms with Crippen molar-refractivity contribution in [3.05, 3.63) is 41.3 Å². The fraction of sp³-hybridized carbons (Fsp3) is 0.286. The molecule has 4 heteroatoms. The van der Waals surface area contributed by atoms with E-state index < -0.39 is 0 Å². The maximum absolute atomic E-state index is 6.04. The van der Waals surface area contributed by atoms with Gasteiger partial charge in [-0.15, -0.1) is 0 Å². The maximum atomic E-state index is 6.04. The summed E-state index contributed by atoms with van der Waals surface area (Å²) in [6, 6.07) is 9.52. The summed E-state index contributed by atoms with van der Waals surface area (Å²) in [5.41, 5.74) is 1.73. The first-order valence-corrected chi connectivity index (χ1v) is 6.29. The number of benzene rings is 1. The van der Waals surface area contributed by atoms with Crippen LogP contribution in [0.25, 0.3) is 11.3 Å². The van der Waals surface area contributed by atoms with E-state index in [1.807, 2.05) is 24.3 Å². The molecule has 1 aromatic carbocycles. The van der Waals surface area contributed by atoms with E-state index in [2.05, 4.69) is 16.9 Å². The van der Waals surface area contributed by atoms with E-state index in [1.165, 1.54) is 0 Å². The highest BCUT2D eigenvalue weighted by Crippen LogP contribution is 2.29.